The summed E-state index contributed by atoms with van der Waals surface area (Å²) in [6.45, 7) is 10.4. The second-order valence-corrected chi connectivity index (χ2v) is 3.66. The summed E-state index contributed by atoms with van der Waals surface area (Å²) in [4.78, 5) is 4.48. The maximum atomic E-state index is 5.46. The zero-order valence-corrected chi connectivity index (χ0v) is 10.6. The summed E-state index contributed by atoms with van der Waals surface area (Å²) in [5.74, 6) is 2.74. The van der Waals surface area contributed by atoms with Gasteiger partial charge in [-0.15, -0.1) is 0 Å². The van der Waals surface area contributed by atoms with Gasteiger partial charge in [-0.3, -0.25) is 0 Å². The van der Waals surface area contributed by atoms with E-state index in [1.807, 2.05) is 19.9 Å². The van der Waals surface area contributed by atoms with E-state index >= 15 is 0 Å². The van der Waals surface area contributed by atoms with Crippen molar-refractivity contribution in [1.82, 2.24) is 10.6 Å². The third-order valence-corrected chi connectivity index (χ3v) is 2.24. The number of nitrogens with one attached hydrogen (secondary N) is 2. The van der Waals surface area contributed by atoms with Crippen LogP contribution in [0.25, 0.3) is 0 Å². The maximum Gasteiger partial charge on any atom is 0.191 e. The predicted octanol–water partition coefficient (Wildman–Crippen LogP) is 1.97. The number of guanidine groups is 1. The topological polar surface area (TPSA) is 49.6 Å². The van der Waals surface area contributed by atoms with E-state index < -0.39 is 0 Å². The largest absolute Gasteiger partial charge is 0.466 e. The minimum absolute atomic E-state index is 0.651. The van der Waals surface area contributed by atoms with Crippen LogP contribution in [0.2, 0.25) is 0 Å². The van der Waals surface area contributed by atoms with Crippen molar-refractivity contribution in [2.24, 2.45) is 4.99 Å². The highest BCUT2D eigenvalue weighted by molar-refractivity contribution is 5.79. The smallest absolute Gasteiger partial charge is 0.191 e. The molecule has 0 saturated carbocycles. The minimum atomic E-state index is 0.651. The Labute approximate surface area is 97.1 Å². The first-order valence-electron chi connectivity index (χ1n) is 5.75. The van der Waals surface area contributed by atoms with Crippen molar-refractivity contribution >= 4 is 5.96 Å². The second-order valence-electron chi connectivity index (χ2n) is 3.66. The molecule has 4 nitrogen and oxygen atoms in total. The van der Waals surface area contributed by atoms with E-state index in [4.69, 9.17) is 4.42 Å². The fourth-order valence-corrected chi connectivity index (χ4v) is 1.51. The van der Waals surface area contributed by atoms with Crippen molar-refractivity contribution in [3.05, 3.63) is 23.2 Å². The van der Waals surface area contributed by atoms with Gasteiger partial charge in [-0.1, -0.05) is 0 Å². The molecule has 0 radical (unpaired) electrons. The fraction of sp³-hybridized carbons (Fsp3) is 0.583. The van der Waals surface area contributed by atoms with Crippen molar-refractivity contribution in [2.75, 3.05) is 13.1 Å². The lowest BCUT2D eigenvalue weighted by Gasteiger charge is -2.08. The first-order valence-corrected chi connectivity index (χ1v) is 5.75. The molecule has 16 heavy (non-hydrogen) atoms. The lowest BCUT2D eigenvalue weighted by atomic mass is 10.2. The molecular weight excluding hydrogens is 202 g/mol. The minimum Gasteiger partial charge on any atom is -0.466 e. The van der Waals surface area contributed by atoms with Crippen LogP contribution >= 0.6 is 0 Å². The molecule has 0 atom stereocenters. The molecule has 2 N–H and O–H groups in total. The van der Waals surface area contributed by atoms with E-state index in [1.165, 1.54) is 0 Å². The SMILES string of the molecule is CCNC(=NCc1cc(C)oc1C)NCC. The van der Waals surface area contributed by atoms with Crippen LogP contribution in [0, 0.1) is 13.8 Å². The molecular formula is C12H21N3O. The van der Waals surface area contributed by atoms with Crippen molar-refractivity contribution in [3.63, 3.8) is 0 Å². The Kier molecular flexibility index (Phi) is 4.89. The second kappa shape index (κ2) is 6.20. The number of hydrogen-bond donors (Lipinski definition) is 2. The number of hydrogen-bond acceptors (Lipinski definition) is 2. The summed E-state index contributed by atoms with van der Waals surface area (Å²) in [6.07, 6.45) is 0. The summed E-state index contributed by atoms with van der Waals surface area (Å²) in [5, 5.41) is 6.38. The molecule has 0 saturated heterocycles. The van der Waals surface area contributed by atoms with Crippen LogP contribution in [-0.2, 0) is 6.54 Å². The van der Waals surface area contributed by atoms with Crippen LogP contribution in [-0.4, -0.2) is 19.0 Å². The Balaban J connectivity index is 2.64. The van der Waals surface area contributed by atoms with Gasteiger partial charge in [0.2, 0.25) is 0 Å². The normalized spacial score (nSPS) is 10.0. The Hall–Kier alpha value is -1.45. The molecule has 0 aliphatic carbocycles. The molecule has 4 heteroatoms. The van der Waals surface area contributed by atoms with Crippen molar-refractivity contribution in [2.45, 2.75) is 34.2 Å². The van der Waals surface area contributed by atoms with Gasteiger partial charge >= 0.3 is 0 Å². The van der Waals surface area contributed by atoms with E-state index in [1.54, 1.807) is 0 Å². The molecule has 0 amide bonds. The molecule has 90 valence electrons. The average Bonchev–Trinajstić information content (AvgIpc) is 2.54. The predicted molar refractivity (Wildman–Crippen MR) is 66.7 cm³/mol. The Morgan fingerprint density at radius 1 is 1.25 bits per heavy atom. The average molecular weight is 223 g/mol. The summed E-state index contributed by atoms with van der Waals surface area (Å²) in [7, 11) is 0. The van der Waals surface area contributed by atoms with Gasteiger partial charge in [-0.2, -0.15) is 0 Å². The molecule has 0 unspecified atom stereocenters. The van der Waals surface area contributed by atoms with Crippen LogP contribution in [0.1, 0.15) is 30.9 Å². The number of aryl methyl sites for hydroxylation is 2. The van der Waals surface area contributed by atoms with Gasteiger partial charge < -0.3 is 15.1 Å². The summed E-state index contributed by atoms with van der Waals surface area (Å²) < 4.78 is 5.46. The van der Waals surface area contributed by atoms with Gasteiger partial charge in [0.1, 0.15) is 11.5 Å². The zero-order valence-electron chi connectivity index (χ0n) is 10.6. The Morgan fingerprint density at radius 3 is 2.31 bits per heavy atom. The lowest BCUT2D eigenvalue weighted by Crippen LogP contribution is -2.36. The van der Waals surface area contributed by atoms with E-state index in [0.29, 0.717) is 6.54 Å². The molecule has 0 aliphatic heterocycles. The third kappa shape index (κ3) is 3.61. The van der Waals surface area contributed by atoms with Crippen LogP contribution in [0.5, 0.6) is 0 Å². The molecule has 1 aromatic rings. The van der Waals surface area contributed by atoms with Crippen molar-refractivity contribution < 1.29 is 4.42 Å². The standard InChI is InChI=1S/C12H21N3O/c1-5-13-12(14-6-2)15-8-11-7-9(3)16-10(11)4/h7H,5-6,8H2,1-4H3,(H2,13,14,15). The van der Waals surface area contributed by atoms with Gasteiger partial charge in [-0.25, -0.2) is 4.99 Å². The molecule has 0 fully saturated rings. The highest BCUT2D eigenvalue weighted by atomic mass is 16.3. The van der Waals surface area contributed by atoms with Crippen LogP contribution in [0.3, 0.4) is 0 Å². The van der Waals surface area contributed by atoms with Crippen molar-refractivity contribution in [3.8, 4) is 0 Å². The van der Waals surface area contributed by atoms with Gasteiger partial charge in [0, 0.05) is 18.7 Å². The van der Waals surface area contributed by atoms with Gasteiger partial charge in [0.15, 0.2) is 5.96 Å². The van der Waals surface area contributed by atoms with E-state index in [0.717, 1.165) is 36.1 Å². The highest BCUT2D eigenvalue weighted by Gasteiger charge is 2.03. The monoisotopic (exact) mass is 223 g/mol. The molecule has 0 aliphatic rings. The van der Waals surface area contributed by atoms with E-state index in [-0.39, 0.29) is 0 Å². The third-order valence-electron chi connectivity index (χ3n) is 2.24. The fourth-order valence-electron chi connectivity index (χ4n) is 1.51. The first kappa shape index (κ1) is 12.6. The zero-order chi connectivity index (χ0) is 12.0. The molecule has 1 heterocycles. The number of furan rings is 1. The maximum absolute atomic E-state index is 5.46. The number of aliphatic imine (C=N–C) groups is 1. The Bertz CT molecular complexity index is 347. The molecule has 1 rings (SSSR count). The van der Waals surface area contributed by atoms with Gasteiger partial charge in [-0.05, 0) is 33.8 Å². The van der Waals surface area contributed by atoms with Crippen molar-refractivity contribution in [1.29, 1.82) is 0 Å². The lowest BCUT2D eigenvalue weighted by molar-refractivity contribution is 0.501. The van der Waals surface area contributed by atoms with Gasteiger partial charge in [0.05, 0.1) is 6.54 Å². The first-order chi connectivity index (χ1) is 7.67. The Morgan fingerprint density at radius 2 is 1.88 bits per heavy atom. The highest BCUT2D eigenvalue weighted by Crippen LogP contribution is 2.14. The molecule has 1 aromatic heterocycles. The van der Waals surface area contributed by atoms with E-state index in [9.17, 15) is 0 Å². The summed E-state index contributed by atoms with van der Waals surface area (Å²) in [6, 6.07) is 2.04. The van der Waals surface area contributed by atoms with Crippen LogP contribution < -0.4 is 10.6 Å². The molecule has 0 aromatic carbocycles. The quantitative estimate of drug-likeness (QED) is 0.606. The number of nitrogens with zero attached hydrogens (tertiary/aromatic N) is 1. The van der Waals surface area contributed by atoms with Crippen LogP contribution in [0.15, 0.2) is 15.5 Å². The number of rotatable bonds is 4. The summed E-state index contributed by atoms with van der Waals surface area (Å²) in [5.41, 5.74) is 1.14. The van der Waals surface area contributed by atoms with E-state index in [2.05, 4.69) is 29.5 Å². The molecule has 0 spiro atoms. The van der Waals surface area contributed by atoms with Gasteiger partial charge in [0.25, 0.3) is 0 Å². The van der Waals surface area contributed by atoms with Crippen LogP contribution in [0.4, 0.5) is 0 Å². The summed E-state index contributed by atoms with van der Waals surface area (Å²) >= 11 is 0. The molecule has 0 bridgehead atoms.